The number of nitrogens with zero attached hydrogens (tertiary/aromatic N) is 2. The third-order valence-corrected chi connectivity index (χ3v) is 4.69. The van der Waals surface area contributed by atoms with Gasteiger partial charge in [0.1, 0.15) is 5.75 Å². The molecule has 0 spiro atoms. The first-order valence-corrected chi connectivity index (χ1v) is 9.41. The first-order chi connectivity index (χ1) is 14.2. The zero-order valence-corrected chi connectivity index (χ0v) is 15.8. The number of benzene rings is 2. The minimum atomic E-state index is -0.223. The minimum absolute atomic E-state index is 0.156. The Bertz CT molecular complexity index is 965. The fourth-order valence-electron chi connectivity index (χ4n) is 3.14. The van der Waals surface area contributed by atoms with Crippen LogP contribution in [0.25, 0.3) is 0 Å². The first kappa shape index (κ1) is 18.6. The molecule has 0 aliphatic carbocycles. The second kappa shape index (κ2) is 8.52. The highest BCUT2D eigenvalue weighted by Gasteiger charge is 2.26. The van der Waals surface area contributed by atoms with Gasteiger partial charge in [-0.2, -0.15) is 0 Å². The monoisotopic (exact) mass is 391 g/mol. The van der Waals surface area contributed by atoms with E-state index in [9.17, 15) is 9.59 Å². The Morgan fingerprint density at radius 3 is 2.24 bits per heavy atom. The van der Waals surface area contributed by atoms with Crippen molar-refractivity contribution in [2.24, 2.45) is 0 Å². The Morgan fingerprint density at radius 1 is 0.828 bits per heavy atom. The summed E-state index contributed by atoms with van der Waals surface area (Å²) in [5.41, 5.74) is 0.593. The molecule has 0 atom stereocenters. The van der Waals surface area contributed by atoms with Crippen LogP contribution in [-0.2, 0) is 0 Å². The minimum Gasteiger partial charge on any atom is -0.459 e. The summed E-state index contributed by atoms with van der Waals surface area (Å²) in [4.78, 5) is 28.4. The number of piperazine rings is 1. The smallest absolute Gasteiger partial charge is 0.322 e. The van der Waals surface area contributed by atoms with Gasteiger partial charge in [0.2, 0.25) is 0 Å². The molecule has 7 heteroatoms. The molecule has 1 aliphatic heterocycles. The van der Waals surface area contributed by atoms with E-state index in [0.29, 0.717) is 49.1 Å². The quantitative estimate of drug-likeness (QED) is 0.728. The summed E-state index contributed by atoms with van der Waals surface area (Å²) in [6.45, 7) is 1.80. The third kappa shape index (κ3) is 4.40. The van der Waals surface area contributed by atoms with Crippen LogP contribution in [0.3, 0.4) is 0 Å². The number of hydrogen-bond donors (Lipinski definition) is 1. The van der Waals surface area contributed by atoms with Gasteiger partial charge in [0.15, 0.2) is 11.5 Å². The second-order valence-corrected chi connectivity index (χ2v) is 6.60. The SMILES string of the molecule is O=C(Nc1ccccc1Oc1ccccc1)N1CCN(C(=O)c2ccco2)CC1. The van der Waals surface area contributed by atoms with Gasteiger partial charge < -0.3 is 24.3 Å². The lowest BCUT2D eigenvalue weighted by molar-refractivity contribution is 0.0640. The zero-order valence-electron chi connectivity index (χ0n) is 15.8. The summed E-state index contributed by atoms with van der Waals surface area (Å²) >= 11 is 0. The molecule has 4 rings (SSSR count). The van der Waals surface area contributed by atoms with Gasteiger partial charge in [0, 0.05) is 26.2 Å². The highest BCUT2D eigenvalue weighted by atomic mass is 16.5. The summed E-state index contributed by atoms with van der Waals surface area (Å²) in [5.74, 6) is 1.42. The maximum absolute atomic E-state index is 12.7. The number of hydrogen-bond acceptors (Lipinski definition) is 4. The molecule has 1 N–H and O–H groups in total. The van der Waals surface area contributed by atoms with Crippen molar-refractivity contribution in [1.29, 1.82) is 0 Å². The fourth-order valence-corrected chi connectivity index (χ4v) is 3.14. The van der Waals surface area contributed by atoms with Crippen molar-refractivity contribution >= 4 is 17.6 Å². The number of carbonyl (C=O) groups excluding carboxylic acids is 2. The molecular formula is C22H21N3O4. The molecule has 1 aromatic heterocycles. The standard InChI is InChI=1S/C22H21N3O4/c26-21(20-11-6-16-28-20)24-12-14-25(15-13-24)22(27)23-18-9-4-5-10-19(18)29-17-7-2-1-3-8-17/h1-11,16H,12-15H2,(H,23,27). The summed E-state index contributed by atoms with van der Waals surface area (Å²) in [5, 5.41) is 2.91. The van der Waals surface area contributed by atoms with E-state index < -0.39 is 0 Å². The molecule has 0 bridgehead atoms. The van der Waals surface area contributed by atoms with Crippen molar-refractivity contribution in [3.05, 3.63) is 78.8 Å². The molecule has 1 saturated heterocycles. The highest BCUT2D eigenvalue weighted by molar-refractivity contribution is 5.93. The van der Waals surface area contributed by atoms with E-state index >= 15 is 0 Å². The van der Waals surface area contributed by atoms with E-state index in [-0.39, 0.29) is 11.9 Å². The lowest BCUT2D eigenvalue weighted by Gasteiger charge is -2.34. The Kier molecular flexibility index (Phi) is 5.47. The van der Waals surface area contributed by atoms with Crippen LogP contribution in [0.2, 0.25) is 0 Å². The van der Waals surface area contributed by atoms with Gasteiger partial charge in [-0.1, -0.05) is 30.3 Å². The van der Waals surface area contributed by atoms with Gasteiger partial charge in [-0.15, -0.1) is 0 Å². The van der Waals surface area contributed by atoms with E-state index in [1.165, 1.54) is 6.26 Å². The van der Waals surface area contributed by atoms with Crippen LogP contribution in [0.1, 0.15) is 10.6 Å². The lowest BCUT2D eigenvalue weighted by atomic mass is 10.2. The van der Waals surface area contributed by atoms with Crippen molar-refractivity contribution in [3.63, 3.8) is 0 Å². The van der Waals surface area contributed by atoms with Gasteiger partial charge in [0.25, 0.3) is 5.91 Å². The number of furan rings is 1. The number of urea groups is 1. The van der Waals surface area contributed by atoms with Gasteiger partial charge in [0.05, 0.1) is 12.0 Å². The van der Waals surface area contributed by atoms with Crippen molar-refractivity contribution in [1.82, 2.24) is 9.80 Å². The first-order valence-electron chi connectivity index (χ1n) is 9.41. The van der Waals surface area contributed by atoms with Crippen LogP contribution in [0.15, 0.2) is 77.4 Å². The molecule has 1 fully saturated rings. The molecular weight excluding hydrogens is 370 g/mol. The number of amides is 3. The molecule has 3 aromatic rings. The number of carbonyl (C=O) groups is 2. The normalized spacial score (nSPS) is 13.8. The van der Waals surface area contributed by atoms with Crippen LogP contribution in [-0.4, -0.2) is 47.9 Å². The summed E-state index contributed by atoms with van der Waals surface area (Å²) in [6.07, 6.45) is 1.48. The van der Waals surface area contributed by atoms with E-state index in [2.05, 4.69) is 5.32 Å². The van der Waals surface area contributed by atoms with Crippen molar-refractivity contribution in [2.45, 2.75) is 0 Å². The number of rotatable bonds is 4. The lowest BCUT2D eigenvalue weighted by Crippen LogP contribution is -2.51. The van der Waals surface area contributed by atoms with Crippen LogP contribution in [0.4, 0.5) is 10.5 Å². The average Bonchev–Trinajstić information content (AvgIpc) is 3.30. The van der Waals surface area contributed by atoms with E-state index in [1.54, 1.807) is 28.0 Å². The Hall–Kier alpha value is -3.74. The van der Waals surface area contributed by atoms with Gasteiger partial charge >= 0.3 is 6.03 Å². The van der Waals surface area contributed by atoms with Crippen LogP contribution in [0, 0.1) is 0 Å². The van der Waals surface area contributed by atoms with Crippen LogP contribution < -0.4 is 10.1 Å². The average molecular weight is 391 g/mol. The fraction of sp³-hybridized carbons (Fsp3) is 0.182. The highest BCUT2D eigenvalue weighted by Crippen LogP contribution is 2.29. The molecule has 2 heterocycles. The van der Waals surface area contributed by atoms with Gasteiger partial charge in [-0.3, -0.25) is 4.79 Å². The predicted octanol–water partition coefficient (Wildman–Crippen LogP) is 4.06. The van der Waals surface area contributed by atoms with Gasteiger partial charge in [-0.25, -0.2) is 4.79 Å². The van der Waals surface area contributed by atoms with E-state index in [4.69, 9.17) is 9.15 Å². The molecule has 29 heavy (non-hydrogen) atoms. The maximum Gasteiger partial charge on any atom is 0.322 e. The molecule has 0 saturated carbocycles. The number of anilines is 1. The third-order valence-electron chi connectivity index (χ3n) is 4.69. The van der Waals surface area contributed by atoms with Crippen LogP contribution in [0.5, 0.6) is 11.5 Å². The second-order valence-electron chi connectivity index (χ2n) is 6.60. The molecule has 7 nitrogen and oxygen atoms in total. The molecule has 1 aliphatic rings. The van der Waals surface area contributed by atoms with Crippen molar-refractivity contribution < 1.29 is 18.7 Å². The molecule has 0 radical (unpaired) electrons. The Balaban J connectivity index is 1.36. The largest absolute Gasteiger partial charge is 0.459 e. The summed E-state index contributed by atoms with van der Waals surface area (Å²) < 4.78 is 11.1. The van der Waals surface area contributed by atoms with E-state index in [0.717, 1.165) is 0 Å². The number of nitrogens with one attached hydrogen (secondary N) is 1. The van der Waals surface area contributed by atoms with Crippen molar-refractivity contribution in [3.8, 4) is 11.5 Å². The Labute approximate surface area is 168 Å². The summed E-state index contributed by atoms with van der Waals surface area (Å²) in [6, 6.07) is 19.8. The topological polar surface area (TPSA) is 75.0 Å². The maximum atomic E-state index is 12.7. The molecule has 2 aromatic carbocycles. The number of para-hydroxylation sites is 3. The number of ether oxygens (including phenoxy) is 1. The predicted molar refractivity (Wildman–Crippen MR) is 108 cm³/mol. The molecule has 148 valence electrons. The van der Waals surface area contributed by atoms with Crippen molar-refractivity contribution in [2.75, 3.05) is 31.5 Å². The Morgan fingerprint density at radius 2 is 1.52 bits per heavy atom. The van der Waals surface area contributed by atoms with Crippen LogP contribution >= 0.6 is 0 Å². The zero-order chi connectivity index (χ0) is 20.1. The van der Waals surface area contributed by atoms with E-state index in [1.807, 2.05) is 48.5 Å². The van der Waals surface area contributed by atoms with Gasteiger partial charge in [-0.05, 0) is 36.4 Å². The molecule has 3 amide bonds. The molecule has 0 unspecified atom stereocenters. The summed E-state index contributed by atoms with van der Waals surface area (Å²) in [7, 11) is 0.